The number of hydrogen-bond acceptors (Lipinski definition) is 6. The van der Waals surface area contributed by atoms with E-state index in [2.05, 4.69) is 0 Å². The molecule has 0 aromatic rings. The SMILES string of the molecule is CC(=O)C1C[C@@](O)(C(C)=O)[C@@H](C(O)C(C)=O)O1. The van der Waals surface area contributed by atoms with Crippen LogP contribution in [0.25, 0.3) is 0 Å². The molecule has 2 unspecified atom stereocenters. The van der Waals surface area contributed by atoms with E-state index >= 15 is 0 Å². The Bertz CT molecular complexity index is 363. The summed E-state index contributed by atoms with van der Waals surface area (Å²) in [5, 5.41) is 19.7. The summed E-state index contributed by atoms with van der Waals surface area (Å²) in [6.07, 6.45) is -4.20. The second-order valence-electron chi connectivity index (χ2n) is 4.40. The van der Waals surface area contributed by atoms with Gasteiger partial charge in [-0.1, -0.05) is 0 Å². The van der Waals surface area contributed by atoms with Crippen LogP contribution in [-0.4, -0.2) is 51.5 Å². The van der Waals surface area contributed by atoms with E-state index in [1.165, 1.54) is 6.92 Å². The van der Waals surface area contributed by atoms with Gasteiger partial charge in [0.15, 0.2) is 23.0 Å². The van der Waals surface area contributed by atoms with Crippen molar-refractivity contribution in [1.82, 2.24) is 0 Å². The van der Waals surface area contributed by atoms with Crippen LogP contribution in [0, 0.1) is 0 Å². The number of hydrogen-bond donors (Lipinski definition) is 2. The van der Waals surface area contributed by atoms with Gasteiger partial charge in [0.1, 0.15) is 18.3 Å². The van der Waals surface area contributed by atoms with Crippen LogP contribution in [0.4, 0.5) is 0 Å². The van der Waals surface area contributed by atoms with Crippen molar-refractivity contribution in [1.29, 1.82) is 0 Å². The van der Waals surface area contributed by atoms with Gasteiger partial charge in [-0.15, -0.1) is 0 Å². The number of carbonyl (C=O) groups excluding carboxylic acids is 3. The lowest BCUT2D eigenvalue weighted by Gasteiger charge is -2.27. The van der Waals surface area contributed by atoms with Gasteiger partial charge in [0.25, 0.3) is 0 Å². The molecule has 0 amide bonds. The third-order valence-corrected chi connectivity index (χ3v) is 3.04. The number of ketones is 3. The first-order chi connectivity index (χ1) is 7.70. The Balaban J connectivity index is 3.04. The fourth-order valence-electron chi connectivity index (χ4n) is 1.87. The highest BCUT2D eigenvalue weighted by molar-refractivity contribution is 5.91. The summed E-state index contributed by atoms with van der Waals surface area (Å²) in [6, 6.07) is 0. The van der Waals surface area contributed by atoms with Crippen molar-refractivity contribution in [3.05, 3.63) is 0 Å². The lowest BCUT2D eigenvalue weighted by Crippen LogP contribution is -2.52. The fourth-order valence-corrected chi connectivity index (χ4v) is 1.87. The maximum absolute atomic E-state index is 11.4. The molecule has 96 valence electrons. The summed E-state index contributed by atoms with van der Waals surface area (Å²) in [5.41, 5.74) is -1.98. The predicted octanol–water partition coefficient (Wildman–Crippen LogP) is -0.997. The molecule has 1 aliphatic heterocycles. The molecule has 1 saturated heterocycles. The number of ether oxygens (including phenoxy) is 1. The van der Waals surface area contributed by atoms with E-state index in [9.17, 15) is 24.6 Å². The van der Waals surface area contributed by atoms with Crippen LogP contribution < -0.4 is 0 Å². The average Bonchev–Trinajstić information content (AvgIpc) is 2.56. The van der Waals surface area contributed by atoms with Crippen LogP contribution in [0.5, 0.6) is 0 Å². The smallest absolute Gasteiger partial charge is 0.164 e. The highest BCUT2D eigenvalue weighted by atomic mass is 16.5. The van der Waals surface area contributed by atoms with Crippen LogP contribution in [0.2, 0.25) is 0 Å². The Kier molecular flexibility index (Phi) is 3.81. The molecule has 0 saturated carbocycles. The number of rotatable bonds is 4. The first-order valence-electron chi connectivity index (χ1n) is 5.28. The standard InChI is InChI=1S/C11H16O6/c1-5(12)8-4-11(16,7(3)14)10(17-8)9(15)6(2)13/h8-10,15-16H,4H2,1-3H3/t8?,9?,10-,11-/m1/s1. The molecule has 0 spiro atoms. The molecule has 0 radical (unpaired) electrons. The van der Waals surface area contributed by atoms with Gasteiger partial charge in [-0.05, 0) is 20.8 Å². The van der Waals surface area contributed by atoms with Gasteiger partial charge in [-0.25, -0.2) is 0 Å². The third kappa shape index (κ3) is 2.43. The van der Waals surface area contributed by atoms with E-state index in [0.29, 0.717) is 0 Å². The molecule has 0 aromatic carbocycles. The predicted molar refractivity (Wildman–Crippen MR) is 56.3 cm³/mol. The summed E-state index contributed by atoms with van der Waals surface area (Å²) in [6.45, 7) is 3.51. The van der Waals surface area contributed by atoms with E-state index in [1.54, 1.807) is 0 Å². The minimum absolute atomic E-state index is 0.229. The first-order valence-corrected chi connectivity index (χ1v) is 5.28. The van der Waals surface area contributed by atoms with Gasteiger partial charge >= 0.3 is 0 Å². The Morgan fingerprint density at radius 1 is 1.29 bits per heavy atom. The summed E-state index contributed by atoms with van der Waals surface area (Å²) in [4.78, 5) is 33.7. The van der Waals surface area contributed by atoms with Gasteiger partial charge in [-0.2, -0.15) is 0 Å². The highest BCUT2D eigenvalue weighted by Gasteiger charge is 2.55. The minimum Gasteiger partial charge on any atom is -0.382 e. The van der Waals surface area contributed by atoms with Crippen LogP contribution in [0.1, 0.15) is 27.2 Å². The minimum atomic E-state index is -1.98. The lowest BCUT2D eigenvalue weighted by atomic mass is 9.85. The van der Waals surface area contributed by atoms with Crippen molar-refractivity contribution >= 4 is 17.3 Å². The van der Waals surface area contributed by atoms with Gasteiger partial charge in [0.2, 0.25) is 0 Å². The summed E-state index contributed by atoms with van der Waals surface area (Å²) in [5.74, 6) is -1.62. The molecule has 6 nitrogen and oxygen atoms in total. The first kappa shape index (κ1) is 14.0. The van der Waals surface area contributed by atoms with Crippen molar-refractivity contribution < 1.29 is 29.3 Å². The summed E-state index contributed by atoms with van der Waals surface area (Å²) < 4.78 is 5.13. The molecule has 4 atom stereocenters. The van der Waals surface area contributed by atoms with Gasteiger partial charge in [0, 0.05) is 6.42 Å². The van der Waals surface area contributed by atoms with Crippen LogP contribution in [0.15, 0.2) is 0 Å². The molecule has 2 N–H and O–H groups in total. The molecule has 0 aromatic heterocycles. The van der Waals surface area contributed by atoms with Crippen molar-refractivity contribution in [2.75, 3.05) is 0 Å². The van der Waals surface area contributed by atoms with E-state index in [4.69, 9.17) is 4.74 Å². The zero-order valence-electron chi connectivity index (χ0n) is 9.97. The topological polar surface area (TPSA) is 101 Å². The zero-order chi connectivity index (χ0) is 13.4. The van der Waals surface area contributed by atoms with E-state index in [-0.39, 0.29) is 12.2 Å². The molecular formula is C11H16O6. The van der Waals surface area contributed by atoms with Crippen molar-refractivity contribution in [3.63, 3.8) is 0 Å². The van der Waals surface area contributed by atoms with E-state index in [1.807, 2.05) is 0 Å². The molecule has 1 aliphatic rings. The van der Waals surface area contributed by atoms with Crippen molar-refractivity contribution in [3.8, 4) is 0 Å². The Morgan fingerprint density at radius 3 is 2.18 bits per heavy atom. The second-order valence-corrected chi connectivity index (χ2v) is 4.40. The Hall–Kier alpha value is -1.11. The summed E-state index contributed by atoms with van der Waals surface area (Å²) in [7, 11) is 0. The number of carbonyl (C=O) groups is 3. The largest absolute Gasteiger partial charge is 0.382 e. The zero-order valence-corrected chi connectivity index (χ0v) is 9.97. The highest BCUT2D eigenvalue weighted by Crippen LogP contribution is 2.34. The van der Waals surface area contributed by atoms with Crippen LogP contribution in [0.3, 0.4) is 0 Å². The van der Waals surface area contributed by atoms with Crippen molar-refractivity contribution in [2.24, 2.45) is 0 Å². The molecule has 1 fully saturated rings. The van der Waals surface area contributed by atoms with Crippen molar-refractivity contribution in [2.45, 2.75) is 51.1 Å². The van der Waals surface area contributed by atoms with Crippen LogP contribution >= 0.6 is 0 Å². The third-order valence-electron chi connectivity index (χ3n) is 3.04. The quantitative estimate of drug-likeness (QED) is 0.658. The van der Waals surface area contributed by atoms with E-state index in [0.717, 1.165) is 13.8 Å². The lowest BCUT2D eigenvalue weighted by molar-refractivity contribution is -0.158. The molecule has 0 aliphatic carbocycles. The maximum atomic E-state index is 11.4. The normalized spacial score (nSPS) is 34.4. The molecule has 6 heteroatoms. The molecule has 1 rings (SSSR count). The average molecular weight is 244 g/mol. The van der Waals surface area contributed by atoms with Gasteiger partial charge in [0.05, 0.1) is 0 Å². The summed E-state index contributed by atoms with van der Waals surface area (Å²) >= 11 is 0. The molecule has 17 heavy (non-hydrogen) atoms. The fraction of sp³-hybridized carbons (Fsp3) is 0.727. The molecule has 0 bridgehead atoms. The maximum Gasteiger partial charge on any atom is 0.164 e. The Labute approximate surface area is 98.6 Å². The number of aliphatic hydroxyl groups is 2. The van der Waals surface area contributed by atoms with Crippen LogP contribution in [-0.2, 0) is 19.1 Å². The number of aliphatic hydroxyl groups excluding tert-OH is 1. The molecule has 1 heterocycles. The van der Waals surface area contributed by atoms with E-state index < -0.39 is 35.5 Å². The molecular weight excluding hydrogens is 228 g/mol. The monoisotopic (exact) mass is 244 g/mol. The van der Waals surface area contributed by atoms with Gasteiger partial charge in [-0.3, -0.25) is 14.4 Å². The second kappa shape index (κ2) is 4.64. The Morgan fingerprint density at radius 2 is 1.82 bits per heavy atom. The van der Waals surface area contributed by atoms with Gasteiger partial charge < -0.3 is 14.9 Å². The number of Topliss-reactive ketones (excluding diaryl/α,β-unsaturated/α-hetero) is 3.